The first-order valence-corrected chi connectivity index (χ1v) is 16.4. The fourth-order valence-electron chi connectivity index (χ4n) is 7.80. The Kier molecular flexibility index (Phi) is 8.36. The number of amides is 4. The summed E-state index contributed by atoms with van der Waals surface area (Å²) in [6.45, 7) is 0. The molecule has 7 rings (SSSR count). The molecule has 3 heterocycles. The molecule has 0 spiro atoms. The van der Waals surface area contributed by atoms with E-state index in [9.17, 15) is 50.6 Å². The van der Waals surface area contributed by atoms with E-state index >= 15 is 8.78 Å². The number of hydrogen-bond donors (Lipinski definition) is 1. The predicted molar refractivity (Wildman–Crippen MR) is 169 cm³/mol. The number of anilines is 2. The summed E-state index contributed by atoms with van der Waals surface area (Å²) in [5.74, 6) is -24.5. The Bertz CT molecular complexity index is 2180. The Morgan fingerprint density at radius 1 is 0.849 bits per heavy atom. The van der Waals surface area contributed by atoms with Crippen molar-refractivity contribution < 1.29 is 59.4 Å². The largest absolute Gasteiger partial charge is 0.508 e. The van der Waals surface area contributed by atoms with Crippen LogP contribution in [0.1, 0.15) is 30.0 Å². The first-order chi connectivity index (χ1) is 24.7. The number of aromatic hydroxyl groups is 1. The second kappa shape index (κ2) is 12.0. The Morgan fingerprint density at radius 3 is 2.02 bits per heavy atom. The van der Waals surface area contributed by atoms with Crippen LogP contribution in [0.25, 0.3) is 0 Å². The molecule has 4 amide bonds. The van der Waals surface area contributed by atoms with Crippen molar-refractivity contribution in [1.29, 1.82) is 0 Å². The van der Waals surface area contributed by atoms with E-state index < -0.39 is 116 Å². The molecule has 3 aromatic rings. The lowest BCUT2D eigenvalue weighted by Crippen LogP contribution is -2.60. The molecule has 2 aliphatic heterocycles. The molecule has 0 bridgehead atoms. The zero-order chi connectivity index (χ0) is 38.9. The van der Waals surface area contributed by atoms with Crippen molar-refractivity contribution in [3.8, 4) is 5.75 Å². The van der Waals surface area contributed by atoms with Crippen molar-refractivity contribution in [2.75, 3.05) is 17.0 Å². The van der Waals surface area contributed by atoms with E-state index in [1.807, 2.05) is 0 Å². The van der Waals surface area contributed by atoms with Gasteiger partial charge in [0.1, 0.15) is 17.1 Å². The van der Waals surface area contributed by atoms with Crippen LogP contribution in [-0.2, 0) is 25.4 Å². The predicted octanol–water partition coefficient (Wildman–Crippen LogP) is 6.77. The third kappa shape index (κ3) is 4.92. The SMILES string of the molecule is CN(c1nc(C(F)(F)F)ccc1Cl)N1C(=O)[C@H]2[C@H](CC=C3[C@H]2C[C@@]2(Cl)C(=O)N(c4c(F)c(F)c(F)c(F)c4F)C(=O)[C@@]2(Cl)[C@H]3c2ccc(O)cc2)C1=O. The Morgan fingerprint density at radius 2 is 1.43 bits per heavy atom. The lowest BCUT2D eigenvalue weighted by atomic mass is 9.56. The molecule has 1 aromatic heterocycles. The zero-order valence-electron chi connectivity index (χ0n) is 26.3. The summed E-state index contributed by atoms with van der Waals surface area (Å²) in [7, 11) is 1.06. The van der Waals surface area contributed by atoms with Gasteiger partial charge in [-0.25, -0.2) is 31.8 Å². The zero-order valence-corrected chi connectivity index (χ0v) is 28.6. The van der Waals surface area contributed by atoms with E-state index in [2.05, 4.69) is 4.98 Å². The van der Waals surface area contributed by atoms with Crippen molar-refractivity contribution in [2.45, 2.75) is 34.7 Å². The normalized spacial score (nSPS) is 28.3. The molecular weight excluding hydrogens is 791 g/mol. The Hall–Kier alpha value is -4.48. The smallest absolute Gasteiger partial charge is 0.433 e. The highest BCUT2D eigenvalue weighted by Crippen LogP contribution is 2.66. The summed E-state index contributed by atoms with van der Waals surface area (Å²) in [6.07, 6.45) is -4.56. The average molecular weight is 810 g/mol. The number of carbonyl (C=O) groups excluding carboxylic acids is 4. The number of allylic oxidation sites excluding steroid dienone is 2. The first kappa shape index (κ1) is 36.9. The van der Waals surface area contributed by atoms with Gasteiger partial charge in [0.15, 0.2) is 38.8 Å². The van der Waals surface area contributed by atoms with Crippen molar-refractivity contribution >= 4 is 69.9 Å². The van der Waals surface area contributed by atoms with Crippen LogP contribution in [0, 0.1) is 46.8 Å². The minimum absolute atomic E-state index is 0.0448. The maximum atomic E-state index is 15.2. The van der Waals surface area contributed by atoms with Gasteiger partial charge in [-0.15, -0.1) is 23.2 Å². The van der Waals surface area contributed by atoms with Crippen molar-refractivity contribution in [3.05, 3.63) is 93.4 Å². The number of phenolic OH excluding ortho intramolecular Hbond substituents is 1. The molecule has 20 heteroatoms. The van der Waals surface area contributed by atoms with Crippen LogP contribution in [0.15, 0.2) is 48.0 Å². The van der Waals surface area contributed by atoms with Gasteiger partial charge in [0.05, 0.1) is 16.9 Å². The second-order valence-corrected chi connectivity index (χ2v) is 14.4. The van der Waals surface area contributed by atoms with Gasteiger partial charge < -0.3 is 5.11 Å². The Labute approximate surface area is 307 Å². The number of hydrazine groups is 1. The maximum Gasteiger partial charge on any atom is 0.433 e. The van der Waals surface area contributed by atoms with Crippen LogP contribution in [0.3, 0.4) is 0 Å². The minimum atomic E-state index is -4.93. The number of aromatic nitrogens is 1. The van der Waals surface area contributed by atoms with Gasteiger partial charge in [0, 0.05) is 13.0 Å². The molecule has 2 aromatic carbocycles. The molecule has 1 N–H and O–H groups in total. The van der Waals surface area contributed by atoms with Gasteiger partial charge in [0.25, 0.3) is 23.6 Å². The monoisotopic (exact) mass is 808 g/mol. The number of halogens is 11. The molecule has 278 valence electrons. The van der Waals surface area contributed by atoms with Crippen molar-refractivity contribution in [3.63, 3.8) is 0 Å². The van der Waals surface area contributed by atoms with Crippen LogP contribution in [-0.4, -0.2) is 55.5 Å². The summed E-state index contributed by atoms with van der Waals surface area (Å²) < 4.78 is 114. The summed E-state index contributed by atoms with van der Waals surface area (Å²) >= 11 is 20.2. The van der Waals surface area contributed by atoms with Crippen LogP contribution < -0.4 is 9.91 Å². The molecule has 53 heavy (non-hydrogen) atoms. The summed E-state index contributed by atoms with van der Waals surface area (Å²) in [5, 5.41) is 10.9. The molecular formula is C33H19Cl3F8N4O5. The quantitative estimate of drug-likeness (QED) is 0.0774. The van der Waals surface area contributed by atoms with Gasteiger partial charge >= 0.3 is 6.18 Å². The molecule has 1 saturated carbocycles. The van der Waals surface area contributed by atoms with Gasteiger partial charge in [0.2, 0.25) is 5.82 Å². The number of alkyl halides is 5. The fourth-order valence-corrected chi connectivity index (χ4v) is 8.96. The highest BCUT2D eigenvalue weighted by molar-refractivity contribution is 6.58. The van der Waals surface area contributed by atoms with Crippen LogP contribution in [0.5, 0.6) is 5.75 Å². The van der Waals surface area contributed by atoms with Gasteiger partial charge in [-0.3, -0.25) is 24.2 Å². The van der Waals surface area contributed by atoms with E-state index in [-0.39, 0.29) is 33.2 Å². The van der Waals surface area contributed by atoms with E-state index in [4.69, 9.17) is 34.8 Å². The van der Waals surface area contributed by atoms with Gasteiger partial charge in [-0.1, -0.05) is 35.4 Å². The van der Waals surface area contributed by atoms with E-state index in [0.29, 0.717) is 11.1 Å². The van der Waals surface area contributed by atoms with E-state index in [1.54, 1.807) is 0 Å². The number of pyridine rings is 1. The van der Waals surface area contributed by atoms with E-state index in [1.165, 1.54) is 18.2 Å². The summed E-state index contributed by atoms with van der Waals surface area (Å²) in [4.78, 5) is 54.2. The van der Waals surface area contributed by atoms with Gasteiger partial charge in [-0.05, 0) is 48.6 Å². The number of carbonyl (C=O) groups is 4. The van der Waals surface area contributed by atoms with Gasteiger partial charge in [-0.2, -0.15) is 18.2 Å². The average Bonchev–Trinajstić information content (AvgIpc) is 3.44. The number of nitrogens with zero attached hydrogens (tertiary/aromatic N) is 4. The number of phenols is 1. The first-order valence-electron chi connectivity index (χ1n) is 15.3. The molecule has 9 nitrogen and oxygen atoms in total. The lowest BCUT2D eigenvalue weighted by molar-refractivity contribution is -0.141. The number of fused-ring (bicyclic) bond motifs is 4. The number of benzene rings is 2. The number of imide groups is 2. The van der Waals surface area contributed by atoms with Crippen LogP contribution >= 0.6 is 34.8 Å². The molecule has 2 saturated heterocycles. The third-order valence-corrected chi connectivity index (χ3v) is 11.9. The standard InChI is InChI=1S/C33H19Cl3F8N4O5/c1-46(26-16(34)8-9-17(45-26)33(42,43)44)48-27(50)14-7-6-13-15(18(14)28(48)51)10-31(35)29(52)47(25-23(40)21(38)20(37)22(39)24(25)41)30(53)32(31,36)19(13)11-2-4-12(49)5-3-11/h2-6,8-9,14-15,18-19,49H,7,10H2,1H3/t14-,15+,18-,19-,31+,32-/m0/s1. The summed E-state index contributed by atoms with van der Waals surface area (Å²) in [5.41, 5.74) is -3.18. The maximum absolute atomic E-state index is 15.2. The molecule has 2 aliphatic carbocycles. The highest BCUT2D eigenvalue weighted by atomic mass is 35.5. The fraction of sp³-hybridized carbons (Fsp3) is 0.303. The van der Waals surface area contributed by atoms with E-state index in [0.717, 1.165) is 30.3 Å². The second-order valence-electron chi connectivity index (χ2n) is 12.8. The van der Waals surface area contributed by atoms with Crippen LogP contribution in [0.4, 0.5) is 46.6 Å². The highest BCUT2D eigenvalue weighted by Gasteiger charge is 2.77. The topological polar surface area (TPSA) is 111 Å². The molecule has 3 fully saturated rings. The molecule has 4 aliphatic rings. The molecule has 0 radical (unpaired) electrons. The van der Waals surface area contributed by atoms with Crippen molar-refractivity contribution in [1.82, 2.24) is 9.99 Å². The number of rotatable bonds is 4. The summed E-state index contributed by atoms with van der Waals surface area (Å²) in [6, 6.07) is 6.24. The minimum Gasteiger partial charge on any atom is -0.508 e. The van der Waals surface area contributed by atoms with Crippen molar-refractivity contribution in [2.24, 2.45) is 17.8 Å². The number of hydrogen-bond acceptors (Lipinski definition) is 7. The molecule has 6 atom stereocenters. The van der Waals surface area contributed by atoms with Crippen LogP contribution in [0.2, 0.25) is 5.02 Å². The lowest BCUT2D eigenvalue weighted by Gasteiger charge is -2.50. The molecule has 0 unspecified atom stereocenters. The third-order valence-electron chi connectivity index (χ3n) is 10.1. The Balaban J connectivity index is 1.37.